The normalized spacial score (nSPS) is 11.7. The molecule has 0 aliphatic rings. The summed E-state index contributed by atoms with van der Waals surface area (Å²) < 4.78 is 0. The molecular weight excluding hydrogens is 344 g/mol. The number of benzene rings is 1. The Morgan fingerprint density at radius 2 is 1.62 bits per heavy atom. The summed E-state index contributed by atoms with van der Waals surface area (Å²) >= 11 is 0. The van der Waals surface area contributed by atoms with Crippen molar-refractivity contribution in [2.24, 2.45) is 5.92 Å². The van der Waals surface area contributed by atoms with Gasteiger partial charge >= 0.3 is 0 Å². The maximum Gasteiger partial charge on any atom is 0.277 e. The van der Waals surface area contributed by atoms with E-state index in [-0.39, 0.29) is 17.4 Å². The molecular formula is C16H22N4O6. The van der Waals surface area contributed by atoms with Crippen molar-refractivity contribution in [3.05, 3.63) is 44.0 Å². The van der Waals surface area contributed by atoms with E-state index in [1.165, 1.54) is 0 Å². The Morgan fingerprint density at radius 1 is 1.08 bits per heavy atom. The van der Waals surface area contributed by atoms with Crippen molar-refractivity contribution in [1.29, 1.82) is 0 Å². The van der Waals surface area contributed by atoms with E-state index < -0.39 is 33.2 Å². The summed E-state index contributed by atoms with van der Waals surface area (Å²) in [6.45, 7) is 6.10. The number of nitrogens with one attached hydrogen (secondary N) is 2. The second-order valence-corrected chi connectivity index (χ2v) is 6.20. The standard InChI is InChI=1S/C16H22N4O6/c1-4-5-17-16(22)14(6-10(2)3)18-15(21)11-7-12(19(23)24)9-13(8-11)20(25)26/h7-10,14H,4-6H2,1-3H3,(H,17,22)(H,18,21). The quantitative estimate of drug-likeness (QED) is 0.506. The molecule has 0 aromatic heterocycles. The Kier molecular flexibility index (Phi) is 7.63. The van der Waals surface area contributed by atoms with Crippen molar-refractivity contribution < 1.29 is 19.4 Å². The highest BCUT2D eigenvalue weighted by molar-refractivity contribution is 5.98. The predicted molar refractivity (Wildman–Crippen MR) is 93.8 cm³/mol. The first-order chi connectivity index (χ1) is 12.1. The van der Waals surface area contributed by atoms with E-state index in [0.29, 0.717) is 13.0 Å². The molecule has 10 heteroatoms. The lowest BCUT2D eigenvalue weighted by Crippen LogP contribution is -2.47. The van der Waals surface area contributed by atoms with Crippen LogP contribution in [0.25, 0.3) is 0 Å². The van der Waals surface area contributed by atoms with Crippen molar-refractivity contribution in [3.8, 4) is 0 Å². The fourth-order valence-electron chi connectivity index (χ4n) is 2.25. The summed E-state index contributed by atoms with van der Waals surface area (Å²) in [5, 5.41) is 27.1. The van der Waals surface area contributed by atoms with Crippen LogP contribution in [0.3, 0.4) is 0 Å². The number of rotatable bonds is 9. The molecule has 1 unspecified atom stereocenters. The summed E-state index contributed by atoms with van der Waals surface area (Å²) in [5.41, 5.74) is -1.39. The van der Waals surface area contributed by atoms with Crippen LogP contribution in [0.1, 0.15) is 44.0 Å². The van der Waals surface area contributed by atoms with E-state index in [1.807, 2.05) is 20.8 Å². The summed E-state index contributed by atoms with van der Waals surface area (Å²) in [6.07, 6.45) is 1.09. The zero-order chi connectivity index (χ0) is 19.9. The van der Waals surface area contributed by atoms with Gasteiger partial charge in [0.05, 0.1) is 21.5 Å². The zero-order valence-electron chi connectivity index (χ0n) is 14.9. The van der Waals surface area contributed by atoms with Gasteiger partial charge in [0.2, 0.25) is 5.91 Å². The van der Waals surface area contributed by atoms with Gasteiger partial charge in [-0.15, -0.1) is 0 Å². The second-order valence-electron chi connectivity index (χ2n) is 6.20. The van der Waals surface area contributed by atoms with Gasteiger partial charge in [-0.05, 0) is 18.8 Å². The molecule has 26 heavy (non-hydrogen) atoms. The average Bonchev–Trinajstić information content (AvgIpc) is 2.57. The number of amides is 2. The highest BCUT2D eigenvalue weighted by Crippen LogP contribution is 2.23. The molecule has 2 amide bonds. The SMILES string of the molecule is CCCNC(=O)C(CC(C)C)NC(=O)c1cc([N+](=O)[O-])cc([N+](=O)[O-])c1. The molecule has 1 aromatic carbocycles. The van der Waals surface area contributed by atoms with Crippen molar-refractivity contribution in [1.82, 2.24) is 10.6 Å². The number of nitro groups is 2. The number of nitrogens with zero attached hydrogens (tertiary/aromatic N) is 2. The lowest BCUT2D eigenvalue weighted by atomic mass is 10.0. The molecule has 1 aromatic rings. The summed E-state index contributed by atoms with van der Waals surface area (Å²) in [5.74, 6) is -1.05. The highest BCUT2D eigenvalue weighted by Gasteiger charge is 2.25. The van der Waals surface area contributed by atoms with Crippen molar-refractivity contribution in [2.75, 3.05) is 6.54 Å². The van der Waals surface area contributed by atoms with Crippen molar-refractivity contribution in [2.45, 2.75) is 39.7 Å². The van der Waals surface area contributed by atoms with Crippen LogP contribution in [0.15, 0.2) is 18.2 Å². The van der Waals surface area contributed by atoms with E-state index in [0.717, 1.165) is 24.6 Å². The summed E-state index contributed by atoms with van der Waals surface area (Å²) in [7, 11) is 0. The maximum atomic E-state index is 12.4. The molecule has 0 radical (unpaired) electrons. The number of nitro benzene ring substituents is 2. The van der Waals surface area contributed by atoms with Crippen LogP contribution in [0.4, 0.5) is 11.4 Å². The highest BCUT2D eigenvalue weighted by atomic mass is 16.6. The summed E-state index contributed by atoms with van der Waals surface area (Å²) in [4.78, 5) is 44.9. The number of hydrogen-bond donors (Lipinski definition) is 2. The lowest BCUT2D eigenvalue weighted by Gasteiger charge is -2.20. The van der Waals surface area contributed by atoms with Crippen LogP contribution in [0.5, 0.6) is 0 Å². The van der Waals surface area contributed by atoms with Crippen LogP contribution < -0.4 is 10.6 Å². The van der Waals surface area contributed by atoms with Gasteiger partial charge in [-0.2, -0.15) is 0 Å². The van der Waals surface area contributed by atoms with Crippen molar-refractivity contribution >= 4 is 23.2 Å². The van der Waals surface area contributed by atoms with Crippen LogP contribution in [0, 0.1) is 26.1 Å². The van der Waals surface area contributed by atoms with Gasteiger partial charge in [0.25, 0.3) is 17.3 Å². The molecule has 2 N–H and O–H groups in total. The molecule has 0 saturated heterocycles. The van der Waals surface area contributed by atoms with Gasteiger partial charge in [-0.25, -0.2) is 0 Å². The van der Waals surface area contributed by atoms with Crippen LogP contribution >= 0.6 is 0 Å². The second kappa shape index (κ2) is 9.44. The van der Waals surface area contributed by atoms with Gasteiger partial charge in [-0.3, -0.25) is 29.8 Å². The maximum absolute atomic E-state index is 12.4. The minimum Gasteiger partial charge on any atom is -0.354 e. The molecule has 0 saturated carbocycles. The number of carbonyl (C=O) groups excluding carboxylic acids is 2. The fraction of sp³-hybridized carbons (Fsp3) is 0.500. The van der Waals surface area contributed by atoms with Gasteiger partial charge < -0.3 is 10.6 Å². The molecule has 0 aliphatic heterocycles. The van der Waals surface area contributed by atoms with Crippen LogP contribution in [0.2, 0.25) is 0 Å². The smallest absolute Gasteiger partial charge is 0.277 e. The molecule has 0 aliphatic carbocycles. The van der Waals surface area contributed by atoms with Crippen molar-refractivity contribution in [3.63, 3.8) is 0 Å². The lowest BCUT2D eigenvalue weighted by molar-refractivity contribution is -0.394. The monoisotopic (exact) mass is 366 g/mol. The topological polar surface area (TPSA) is 144 Å². The molecule has 0 heterocycles. The molecule has 0 spiro atoms. The third kappa shape index (κ3) is 6.11. The predicted octanol–water partition coefficient (Wildman–Crippen LogP) is 2.17. The molecule has 142 valence electrons. The van der Waals surface area contributed by atoms with E-state index in [1.54, 1.807) is 0 Å². The van der Waals surface area contributed by atoms with Crippen LogP contribution in [-0.2, 0) is 4.79 Å². The van der Waals surface area contributed by atoms with E-state index in [9.17, 15) is 29.8 Å². The van der Waals surface area contributed by atoms with Gasteiger partial charge in [0.1, 0.15) is 6.04 Å². The number of carbonyl (C=O) groups is 2. The molecule has 1 rings (SSSR count). The largest absolute Gasteiger partial charge is 0.354 e. The van der Waals surface area contributed by atoms with Gasteiger partial charge in [0.15, 0.2) is 0 Å². The summed E-state index contributed by atoms with van der Waals surface area (Å²) in [6, 6.07) is 1.82. The van der Waals surface area contributed by atoms with E-state index >= 15 is 0 Å². The van der Waals surface area contributed by atoms with E-state index in [4.69, 9.17) is 0 Å². The van der Waals surface area contributed by atoms with Gasteiger partial charge in [-0.1, -0.05) is 20.8 Å². The fourth-order valence-corrected chi connectivity index (χ4v) is 2.25. The Balaban J connectivity index is 3.09. The minimum atomic E-state index is -0.840. The molecule has 0 bridgehead atoms. The van der Waals surface area contributed by atoms with Crippen LogP contribution in [-0.4, -0.2) is 34.2 Å². The van der Waals surface area contributed by atoms with E-state index in [2.05, 4.69) is 10.6 Å². The molecule has 10 nitrogen and oxygen atoms in total. The number of hydrogen-bond acceptors (Lipinski definition) is 6. The Bertz CT molecular complexity index is 672. The third-order valence-electron chi connectivity index (χ3n) is 3.46. The Labute approximate surface area is 150 Å². The molecule has 0 fully saturated rings. The zero-order valence-corrected chi connectivity index (χ0v) is 14.9. The minimum absolute atomic E-state index is 0.104. The average molecular weight is 366 g/mol. The first kappa shape index (κ1) is 21.0. The first-order valence-electron chi connectivity index (χ1n) is 8.18. The molecule has 1 atom stereocenters. The van der Waals surface area contributed by atoms with Gasteiger partial charge in [0, 0.05) is 18.7 Å². The third-order valence-corrected chi connectivity index (χ3v) is 3.46. The Hall–Kier alpha value is -3.04. The Morgan fingerprint density at radius 3 is 2.04 bits per heavy atom. The number of non-ortho nitro benzene ring substituents is 2. The first-order valence-corrected chi connectivity index (χ1v) is 8.18.